The van der Waals surface area contributed by atoms with E-state index in [2.05, 4.69) is 114 Å². The van der Waals surface area contributed by atoms with Gasteiger partial charge in [-0.1, -0.05) is 127 Å². The van der Waals surface area contributed by atoms with Gasteiger partial charge in [0.2, 0.25) is 0 Å². The summed E-state index contributed by atoms with van der Waals surface area (Å²) in [5, 5.41) is 22.1. The van der Waals surface area contributed by atoms with Crippen molar-refractivity contribution in [3.8, 4) is 11.5 Å². The molecular formula is C35H56O2. The predicted octanol–water partition coefficient (Wildman–Crippen LogP) is 10.2. The molecule has 0 aliphatic heterocycles. The highest BCUT2D eigenvalue weighted by molar-refractivity contribution is 5.51. The van der Waals surface area contributed by atoms with Crippen LogP contribution in [0.4, 0.5) is 0 Å². The largest absolute Gasteiger partial charge is 0.507 e. The lowest BCUT2D eigenvalue weighted by molar-refractivity contribution is 0.421. The van der Waals surface area contributed by atoms with Crippen molar-refractivity contribution in [3.63, 3.8) is 0 Å². The zero-order chi connectivity index (χ0) is 28.6. The Bertz CT molecular complexity index is 992. The molecule has 0 amide bonds. The van der Waals surface area contributed by atoms with Gasteiger partial charge >= 0.3 is 0 Å². The van der Waals surface area contributed by atoms with E-state index in [1.54, 1.807) is 0 Å². The van der Waals surface area contributed by atoms with Crippen LogP contribution in [0.1, 0.15) is 155 Å². The summed E-state index contributed by atoms with van der Waals surface area (Å²) in [4.78, 5) is 0. The Morgan fingerprint density at radius 3 is 1.24 bits per heavy atom. The molecule has 37 heavy (non-hydrogen) atoms. The Kier molecular flexibility index (Phi) is 9.32. The number of unbranched alkanes of at least 4 members (excludes halogenated alkanes) is 2. The van der Waals surface area contributed by atoms with Crippen molar-refractivity contribution in [2.24, 2.45) is 0 Å². The van der Waals surface area contributed by atoms with Gasteiger partial charge in [0.25, 0.3) is 0 Å². The van der Waals surface area contributed by atoms with Crippen LogP contribution in [0.5, 0.6) is 11.5 Å². The summed E-state index contributed by atoms with van der Waals surface area (Å²) < 4.78 is 0. The third-order valence-corrected chi connectivity index (χ3v) is 7.71. The normalized spacial score (nSPS) is 14.2. The van der Waals surface area contributed by atoms with Crippen molar-refractivity contribution < 1.29 is 10.2 Å². The summed E-state index contributed by atoms with van der Waals surface area (Å²) >= 11 is 0. The van der Waals surface area contributed by atoms with Gasteiger partial charge in [-0.3, -0.25) is 0 Å². The molecule has 0 bridgehead atoms. The quantitative estimate of drug-likeness (QED) is 0.365. The fourth-order valence-corrected chi connectivity index (χ4v) is 5.19. The molecule has 2 aromatic carbocycles. The van der Waals surface area contributed by atoms with Crippen LogP contribution >= 0.6 is 0 Å². The van der Waals surface area contributed by atoms with Crippen molar-refractivity contribution in [1.82, 2.24) is 0 Å². The van der Waals surface area contributed by atoms with Gasteiger partial charge in [-0.2, -0.15) is 0 Å². The van der Waals surface area contributed by atoms with Crippen LogP contribution in [0.2, 0.25) is 0 Å². The van der Waals surface area contributed by atoms with E-state index in [-0.39, 0.29) is 21.7 Å². The van der Waals surface area contributed by atoms with Gasteiger partial charge in [0.1, 0.15) is 11.5 Å². The Hall–Kier alpha value is -1.96. The van der Waals surface area contributed by atoms with Crippen LogP contribution in [0, 0.1) is 0 Å². The van der Waals surface area contributed by atoms with Crippen LogP contribution in [0.3, 0.4) is 0 Å². The first kappa shape index (κ1) is 31.3. The molecule has 0 aromatic heterocycles. The van der Waals surface area contributed by atoms with Crippen LogP contribution < -0.4 is 0 Å². The second-order valence-electron chi connectivity index (χ2n) is 15.5. The van der Waals surface area contributed by atoms with Gasteiger partial charge in [-0.25, -0.2) is 0 Å². The first-order valence-electron chi connectivity index (χ1n) is 14.4. The highest BCUT2D eigenvalue weighted by Gasteiger charge is 2.28. The first-order chi connectivity index (χ1) is 16.6. The number of hydrogen-bond donors (Lipinski definition) is 2. The Morgan fingerprint density at radius 1 is 0.541 bits per heavy atom. The maximum absolute atomic E-state index is 11.1. The zero-order valence-electron chi connectivity index (χ0n) is 26.3. The average Bonchev–Trinajstić information content (AvgIpc) is 2.71. The fourth-order valence-electron chi connectivity index (χ4n) is 5.19. The Labute approximate surface area is 228 Å². The molecule has 208 valence electrons. The van der Waals surface area contributed by atoms with Crippen molar-refractivity contribution in [2.75, 3.05) is 0 Å². The van der Waals surface area contributed by atoms with Crippen LogP contribution in [0.15, 0.2) is 24.3 Å². The van der Waals surface area contributed by atoms with Gasteiger partial charge in [0.15, 0.2) is 0 Å². The van der Waals surface area contributed by atoms with E-state index in [0.29, 0.717) is 17.4 Å². The monoisotopic (exact) mass is 508 g/mol. The standard InChI is InChI=1S/C35H56O2/c1-23(25-21-28(34(8,9)10)31(37)29(22-25)35(11,12)13)17-15-14-16-18-24-19-26(32(2,3)4)30(36)27(20-24)33(5,6)7/h19-23,36-37H,14-18H2,1-13H3. The number of aromatic hydroxyl groups is 2. The molecule has 0 saturated carbocycles. The lowest BCUT2D eigenvalue weighted by Crippen LogP contribution is -2.18. The molecule has 2 heteroatoms. The van der Waals surface area contributed by atoms with Crippen molar-refractivity contribution in [2.45, 2.75) is 150 Å². The summed E-state index contributed by atoms with van der Waals surface area (Å²) in [6.07, 6.45) is 5.72. The van der Waals surface area contributed by atoms with E-state index >= 15 is 0 Å². The van der Waals surface area contributed by atoms with E-state index in [4.69, 9.17) is 0 Å². The Balaban J connectivity index is 2.12. The van der Waals surface area contributed by atoms with Crippen molar-refractivity contribution >= 4 is 0 Å². The summed E-state index contributed by atoms with van der Waals surface area (Å²) in [5.41, 5.74) is 6.54. The molecule has 2 nitrogen and oxygen atoms in total. The molecular weight excluding hydrogens is 452 g/mol. The van der Waals surface area contributed by atoms with E-state index in [1.165, 1.54) is 24.0 Å². The third-order valence-electron chi connectivity index (χ3n) is 7.71. The molecule has 2 aromatic rings. The Morgan fingerprint density at radius 2 is 0.892 bits per heavy atom. The number of benzene rings is 2. The van der Waals surface area contributed by atoms with Gasteiger partial charge < -0.3 is 10.2 Å². The average molecular weight is 509 g/mol. The highest BCUT2D eigenvalue weighted by Crippen LogP contribution is 2.42. The lowest BCUT2D eigenvalue weighted by atomic mass is 9.76. The van der Waals surface area contributed by atoms with Crippen LogP contribution in [-0.4, -0.2) is 10.2 Å². The number of rotatable bonds is 7. The molecule has 0 radical (unpaired) electrons. The van der Waals surface area contributed by atoms with E-state index in [1.807, 2.05) is 0 Å². The molecule has 1 atom stereocenters. The van der Waals surface area contributed by atoms with E-state index in [9.17, 15) is 10.2 Å². The minimum atomic E-state index is -0.0955. The maximum atomic E-state index is 11.1. The number of aryl methyl sites for hydroxylation is 1. The highest BCUT2D eigenvalue weighted by atomic mass is 16.3. The molecule has 0 aliphatic carbocycles. The smallest absolute Gasteiger partial charge is 0.123 e. The summed E-state index contributed by atoms with van der Waals surface area (Å²) in [6, 6.07) is 8.94. The molecule has 0 fully saturated rings. The van der Waals surface area contributed by atoms with Crippen LogP contribution in [0.25, 0.3) is 0 Å². The zero-order valence-corrected chi connectivity index (χ0v) is 26.3. The van der Waals surface area contributed by atoms with Crippen molar-refractivity contribution in [3.05, 3.63) is 57.6 Å². The predicted molar refractivity (Wildman–Crippen MR) is 162 cm³/mol. The topological polar surface area (TPSA) is 40.5 Å². The van der Waals surface area contributed by atoms with Gasteiger partial charge in [0.05, 0.1) is 0 Å². The minimum Gasteiger partial charge on any atom is -0.507 e. The number of phenols is 2. The number of hydrogen-bond acceptors (Lipinski definition) is 2. The third kappa shape index (κ3) is 8.01. The lowest BCUT2D eigenvalue weighted by Gasteiger charge is -2.29. The molecule has 0 saturated heterocycles. The molecule has 0 spiro atoms. The van der Waals surface area contributed by atoms with E-state index < -0.39 is 0 Å². The number of phenolic OH excluding ortho intramolecular Hbond substituents is 2. The second-order valence-corrected chi connectivity index (χ2v) is 15.5. The first-order valence-corrected chi connectivity index (χ1v) is 14.4. The second kappa shape index (κ2) is 11.0. The van der Waals surface area contributed by atoms with Gasteiger partial charge in [0, 0.05) is 0 Å². The molecule has 0 aliphatic rings. The molecule has 2 N–H and O–H groups in total. The van der Waals surface area contributed by atoms with Gasteiger partial charge in [-0.15, -0.1) is 0 Å². The fraction of sp³-hybridized carbons (Fsp3) is 0.657. The molecule has 0 heterocycles. The summed E-state index contributed by atoms with van der Waals surface area (Å²) in [7, 11) is 0. The minimum absolute atomic E-state index is 0.0859. The van der Waals surface area contributed by atoms with Crippen LogP contribution in [-0.2, 0) is 28.1 Å². The van der Waals surface area contributed by atoms with Gasteiger partial charge in [-0.05, 0) is 80.2 Å². The SMILES string of the molecule is CC(CCCCCc1cc(C(C)(C)C)c(O)c(C(C)(C)C)c1)c1cc(C(C)(C)C)c(O)c(C(C)(C)C)c1. The summed E-state index contributed by atoms with van der Waals surface area (Å²) in [5.74, 6) is 1.39. The molecule has 2 rings (SSSR count). The maximum Gasteiger partial charge on any atom is 0.123 e. The molecule has 1 unspecified atom stereocenters. The van der Waals surface area contributed by atoms with E-state index in [0.717, 1.165) is 41.5 Å². The van der Waals surface area contributed by atoms with Crippen molar-refractivity contribution in [1.29, 1.82) is 0 Å². The summed E-state index contributed by atoms with van der Waals surface area (Å²) in [6.45, 7) is 28.5.